The van der Waals surface area contributed by atoms with Gasteiger partial charge >= 0.3 is 12.1 Å². The molecule has 10 heteroatoms. The van der Waals surface area contributed by atoms with E-state index in [1.165, 1.54) is 38.5 Å². The van der Waals surface area contributed by atoms with Gasteiger partial charge in [0, 0.05) is 11.1 Å². The van der Waals surface area contributed by atoms with Crippen molar-refractivity contribution in [1.29, 1.82) is 0 Å². The fourth-order valence-corrected chi connectivity index (χ4v) is 2.39. The van der Waals surface area contributed by atoms with Crippen LogP contribution in [0, 0.1) is 0 Å². The molecule has 0 aliphatic carbocycles. The highest BCUT2D eigenvalue weighted by Gasteiger charge is 2.34. The van der Waals surface area contributed by atoms with Crippen molar-refractivity contribution < 1.29 is 37.0 Å². The Morgan fingerprint density at radius 2 is 1.79 bits per heavy atom. The molecule has 0 saturated carbocycles. The van der Waals surface area contributed by atoms with E-state index in [0.717, 1.165) is 6.07 Å². The van der Waals surface area contributed by atoms with Gasteiger partial charge in [-0.25, -0.2) is 4.79 Å². The average molecular weight is 418 g/mol. The standard InChI is InChI=1S/C18H15ClF3NO5/c1-26-11-4-5-12(15(8-11)27-2)17(25)28-9-16(24)23-14-6-3-10(19)7-13(14)18(20,21)22/h3-8H,9H2,1-2H3,(H,23,24). The van der Waals surface area contributed by atoms with Gasteiger partial charge in [0.2, 0.25) is 0 Å². The van der Waals surface area contributed by atoms with Crippen LogP contribution in [0.15, 0.2) is 36.4 Å². The number of amides is 1. The van der Waals surface area contributed by atoms with Gasteiger partial charge in [-0.1, -0.05) is 11.6 Å². The number of benzene rings is 2. The zero-order valence-electron chi connectivity index (χ0n) is 14.7. The number of esters is 1. The van der Waals surface area contributed by atoms with Crippen LogP contribution < -0.4 is 14.8 Å². The summed E-state index contributed by atoms with van der Waals surface area (Å²) in [5.74, 6) is -1.24. The Labute approximate surface area is 163 Å². The fraction of sp³-hybridized carbons (Fsp3) is 0.222. The normalized spacial score (nSPS) is 10.9. The molecule has 2 aromatic rings. The molecule has 0 heterocycles. The number of hydrogen-bond acceptors (Lipinski definition) is 5. The van der Waals surface area contributed by atoms with Gasteiger partial charge in [-0.05, 0) is 30.3 Å². The summed E-state index contributed by atoms with van der Waals surface area (Å²) in [6, 6.07) is 7.20. The van der Waals surface area contributed by atoms with E-state index in [1.807, 2.05) is 0 Å². The molecule has 0 unspecified atom stereocenters. The number of halogens is 4. The van der Waals surface area contributed by atoms with Crippen molar-refractivity contribution >= 4 is 29.2 Å². The Hall–Kier alpha value is -2.94. The van der Waals surface area contributed by atoms with Gasteiger partial charge in [0.15, 0.2) is 6.61 Å². The summed E-state index contributed by atoms with van der Waals surface area (Å²) in [5, 5.41) is 1.92. The van der Waals surface area contributed by atoms with Crippen molar-refractivity contribution in [2.75, 3.05) is 26.1 Å². The lowest BCUT2D eigenvalue weighted by atomic mass is 10.1. The molecular formula is C18H15ClF3NO5. The minimum atomic E-state index is -4.72. The van der Waals surface area contributed by atoms with Crippen LogP contribution in [0.25, 0.3) is 0 Å². The Morgan fingerprint density at radius 3 is 2.39 bits per heavy atom. The summed E-state index contributed by atoms with van der Waals surface area (Å²) in [7, 11) is 2.76. The maximum absolute atomic E-state index is 13.0. The number of carbonyl (C=O) groups excluding carboxylic acids is 2. The van der Waals surface area contributed by atoms with Crippen molar-refractivity contribution in [3.05, 3.63) is 52.5 Å². The lowest BCUT2D eigenvalue weighted by Crippen LogP contribution is -2.23. The molecule has 28 heavy (non-hydrogen) atoms. The fourth-order valence-electron chi connectivity index (χ4n) is 2.22. The molecule has 1 amide bonds. The molecule has 150 valence electrons. The molecule has 0 aliphatic heterocycles. The van der Waals surface area contributed by atoms with Crippen LogP contribution in [0.2, 0.25) is 5.02 Å². The molecule has 1 N–H and O–H groups in total. The molecule has 6 nitrogen and oxygen atoms in total. The van der Waals surface area contributed by atoms with Gasteiger partial charge in [0.25, 0.3) is 5.91 Å². The third-order valence-corrected chi connectivity index (χ3v) is 3.76. The van der Waals surface area contributed by atoms with Crippen LogP contribution in [0.4, 0.5) is 18.9 Å². The van der Waals surface area contributed by atoms with Crippen LogP contribution in [-0.2, 0) is 15.7 Å². The lowest BCUT2D eigenvalue weighted by molar-refractivity contribution is -0.137. The smallest absolute Gasteiger partial charge is 0.418 e. The van der Waals surface area contributed by atoms with Crippen LogP contribution >= 0.6 is 11.6 Å². The number of nitrogens with one attached hydrogen (secondary N) is 1. The molecule has 0 atom stereocenters. The summed E-state index contributed by atoms with van der Waals surface area (Å²) < 4.78 is 54.0. The van der Waals surface area contributed by atoms with E-state index in [9.17, 15) is 22.8 Å². The zero-order chi connectivity index (χ0) is 20.9. The van der Waals surface area contributed by atoms with Crippen molar-refractivity contribution in [3.8, 4) is 11.5 Å². The summed E-state index contributed by atoms with van der Waals surface area (Å²) in [5.41, 5.74) is -1.59. The topological polar surface area (TPSA) is 73.9 Å². The van der Waals surface area contributed by atoms with E-state index in [1.54, 1.807) is 0 Å². The van der Waals surface area contributed by atoms with E-state index in [-0.39, 0.29) is 16.3 Å². The monoisotopic (exact) mass is 417 g/mol. The molecular weight excluding hydrogens is 403 g/mol. The second-order valence-electron chi connectivity index (χ2n) is 5.38. The molecule has 0 radical (unpaired) electrons. The highest BCUT2D eigenvalue weighted by atomic mass is 35.5. The lowest BCUT2D eigenvalue weighted by Gasteiger charge is -2.14. The molecule has 0 spiro atoms. The SMILES string of the molecule is COc1ccc(C(=O)OCC(=O)Nc2ccc(Cl)cc2C(F)(F)F)c(OC)c1. The number of carbonyl (C=O) groups is 2. The van der Waals surface area contributed by atoms with E-state index in [2.05, 4.69) is 5.32 Å². The number of anilines is 1. The van der Waals surface area contributed by atoms with E-state index in [0.29, 0.717) is 11.8 Å². The molecule has 2 aromatic carbocycles. The second kappa shape index (κ2) is 8.83. The molecule has 0 fully saturated rings. The average Bonchev–Trinajstić information content (AvgIpc) is 2.66. The van der Waals surface area contributed by atoms with Crippen molar-refractivity contribution in [2.45, 2.75) is 6.18 Å². The largest absolute Gasteiger partial charge is 0.497 e. The molecule has 0 aromatic heterocycles. The summed E-state index contributed by atoms with van der Waals surface area (Å²) in [6.45, 7) is -0.798. The van der Waals surface area contributed by atoms with Gasteiger partial charge in [-0.15, -0.1) is 0 Å². The number of hydrogen-bond donors (Lipinski definition) is 1. The van der Waals surface area contributed by atoms with Crippen molar-refractivity contribution in [3.63, 3.8) is 0 Å². The Kier molecular flexibility index (Phi) is 6.74. The Morgan fingerprint density at radius 1 is 1.07 bits per heavy atom. The van der Waals surface area contributed by atoms with Crippen molar-refractivity contribution in [1.82, 2.24) is 0 Å². The summed E-state index contributed by atoms with van der Waals surface area (Å²) in [4.78, 5) is 24.1. The number of alkyl halides is 3. The van der Waals surface area contributed by atoms with Gasteiger partial charge in [-0.2, -0.15) is 13.2 Å². The van der Waals surface area contributed by atoms with Crippen LogP contribution in [0.1, 0.15) is 15.9 Å². The van der Waals surface area contributed by atoms with E-state index >= 15 is 0 Å². The number of rotatable bonds is 6. The van der Waals surface area contributed by atoms with E-state index in [4.69, 9.17) is 25.8 Å². The highest BCUT2D eigenvalue weighted by Crippen LogP contribution is 2.36. The van der Waals surface area contributed by atoms with E-state index < -0.39 is 35.9 Å². The minimum Gasteiger partial charge on any atom is -0.497 e. The predicted octanol–water partition coefficient (Wildman–Crippen LogP) is 4.17. The third-order valence-electron chi connectivity index (χ3n) is 3.52. The third kappa shape index (κ3) is 5.29. The first-order valence-electron chi connectivity index (χ1n) is 7.71. The second-order valence-corrected chi connectivity index (χ2v) is 5.81. The minimum absolute atomic E-state index is 0.0265. The highest BCUT2D eigenvalue weighted by molar-refractivity contribution is 6.30. The van der Waals surface area contributed by atoms with Gasteiger partial charge in [-0.3, -0.25) is 4.79 Å². The molecule has 0 saturated heterocycles. The van der Waals surface area contributed by atoms with Crippen LogP contribution in [0.3, 0.4) is 0 Å². The first-order valence-corrected chi connectivity index (χ1v) is 8.09. The van der Waals surface area contributed by atoms with Gasteiger partial charge < -0.3 is 19.5 Å². The zero-order valence-corrected chi connectivity index (χ0v) is 15.5. The molecule has 2 rings (SSSR count). The van der Waals surface area contributed by atoms with Crippen molar-refractivity contribution in [2.24, 2.45) is 0 Å². The van der Waals surface area contributed by atoms with Crippen LogP contribution in [-0.4, -0.2) is 32.7 Å². The predicted molar refractivity (Wildman–Crippen MR) is 94.9 cm³/mol. The Balaban J connectivity index is 2.07. The molecule has 0 bridgehead atoms. The summed E-state index contributed by atoms with van der Waals surface area (Å²) in [6.07, 6.45) is -4.72. The number of methoxy groups -OCH3 is 2. The molecule has 0 aliphatic rings. The Bertz CT molecular complexity index is 886. The quantitative estimate of drug-likeness (QED) is 0.714. The first kappa shape index (κ1) is 21.4. The maximum Gasteiger partial charge on any atom is 0.418 e. The maximum atomic E-state index is 13.0. The van der Waals surface area contributed by atoms with Crippen LogP contribution in [0.5, 0.6) is 11.5 Å². The number of ether oxygens (including phenoxy) is 3. The summed E-state index contributed by atoms with van der Waals surface area (Å²) >= 11 is 5.58. The van der Waals surface area contributed by atoms with Gasteiger partial charge in [0.1, 0.15) is 17.1 Å². The first-order chi connectivity index (χ1) is 13.2. The van der Waals surface area contributed by atoms with Gasteiger partial charge in [0.05, 0.1) is 25.5 Å².